The molecular formula is C16H31N2+. The van der Waals surface area contributed by atoms with Crippen molar-refractivity contribution in [2.24, 2.45) is 0 Å². The third-order valence-corrected chi connectivity index (χ3v) is 3.66. The van der Waals surface area contributed by atoms with Crippen LogP contribution in [0.2, 0.25) is 0 Å². The van der Waals surface area contributed by atoms with E-state index in [1.807, 2.05) is 0 Å². The van der Waals surface area contributed by atoms with Gasteiger partial charge in [-0.15, -0.1) is 0 Å². The number of hydrogen-bond acceptors (Lipinski definition) is 0. The average Bonchev–Trinajstić information content (AvgIpc) is 2.77. The van der Waals surface area contributed by atoms with E-state index in [1.165, 1.54) is 63.7 Å². The highest BCUT2D eigenvalue weighted by Crippen LogP contribution is 2.06. The van der Waals surface area contributed by atoms with Crippen molar-refractivity contribution in [1.82, 2.24) is 4.57 Å². The highest BCUT2D eigenvalue weighted by molar-refractivity contribution is 4.83. The lowest BCUT2D eigenvalue weighted by atomic mass is 10.1. The topological polar surface area (TPSA) is 8.81 Å². The molecule has 2 nitrogen and oxygen atoms in total. The Kier molecular flexibility index (Phi) is 7.79. The molecule has 0 aliphatic heterocycles. The van der Waals surface area contributed by atoms with E-state index in [9.17, 15) is 0 Å². The summed E-state index contributed by atoms with van der Waals surface area (Å²) in [6.45, 7) is 9.07. The first-order valence-corrected chi connectivity index (χ1v) is 7.90. The van der Waals surface area contributed by atoms with E-state index in [0.29, 0.717) is 0 Å². The zero-order valence-electron chi connectivity index (χ0n) is 12.6. The number of unbranched alkanes of at least 4 members (excludes halogenated alkanes) is 5. The molecule has 18 heavy (non-hydrogen) atoms. The number of rotatable bonds is 10. The standard InChI is InChI=1S/C16H31N2/c1-4-7-8-9-10-11-13-18-15-14-17(6-3)16(18)12-5-2/h14-15H,4-13H2,1-3H3/q+1. The van der Waals surface area contributed by atoms with Crippen LogP contribution in [0.15, 0.2) is 12.4 Å². The Hall–Kier alpha value is -0.790. The van der Waals surface area contributed by atoms with Crippen molar-refractivity contribution < 1.29 is 4.57 Å². The predicted octanol–water partition coefficient (Wildman–Crippen LogP) is 4.11. The van der Waals surface area contributed by atoms with Gasteiger partial charge in [0, 0.05) is 6.42 Å². The minimum Gasteiger partial charge on any atom is -0.235 e. The molecule has 0 unspecified atom stereocenters. The first kappa shape index (κ1) is 15.3. The molecule has 0 atom stereocenters. The summed E-state index contributed by atoms with van der Waals surface area (Å²) in [4.78, 5) is 0. The zero-order valence-corrected chi connectivity index (χ0v) is 12.6. The highest BCUT2D eigenvalue weighted by Gasteiger charge is 2.14. The first-order chi connectivity index (χ1) is 8.83. The minimum absolute atomic E-state index is 1.10. The normalized spacial score (nSPS) is 11.1. The Labute approximate surface area is 113 Å². The van der Waals surface area contributed by atoms with Crippen LogP contribution in [-0.4, -0.2) is 4.57 Å². The molecule has 0 amide bonds. The molecule has 1 rings (SSSR count). The second-order valence-corrected chi connectivity index (χ2v) is 5.21. The van der Waals surface area contributed by atoms with Gasteiger partial charge in [0.15, 0.2) is 0 Å². The molecule has 0 aliphatic carbocycles. The van der Waals surface area contributed by atoms with E-state index in [2.05, 4.69) is 42.3 Å². The Morgan fingerprint density at radius 3 is 2.33 bits per heavy atom. The summed E-state index contributed by atoms with van der Waals surface area (Å²) in [5.74, 6) is 1.51. The lowest BCUT2D eigenvalue weighted by Crippen LogP contribution is -2.37. The maximum absolute atomic E-state index is 2.47. The summed E-state index contributed by atoms with van der Waals surface area (Å²) in [5, 5.41) is 0. The molecular weight excluding hydrogens is 220 g/mol. The average molecular weight is 251 g/mol. The van der Waals surface area contributed by atoms with Gasteiger partial charge in [-0.3, -0.25) is 0 Å². The van der Waals surface area contributed by atoms with Gasteiger partial charge in [0.25, 0.3) is 5.82 Å². The van der Waals surface area contributed by atoms with Crippen LogP contribution in [0, 0.1) is 0 Å². The van der Waals surface area contributed by atoms with Crippen LogP contribution in [0.25, 0.3) is 0 Å². The first-order valence-electron chi connectivity index (χ1n) is 7.90. The summed E-state index contributed by atoms with van der Waals surface area (Å²) in [6.07, 6.45) is 15.2. The third-order valence-electron chi connectivity index (χ3n) is 3.66. The van der Waals surface area contributed by atoms with Crippen molar-refractivity contribution in [3.05, 3.63) is 18.2 Å². The summed E-state index contributed by atoms with van der Waals surface area (Å²) < 4.78 is 4.85. The molecule has 1 heterocycles. The molecule has 0 bridgehead atoms. The maximum atomic E-state index is 2.47. The van der Waals surface area contributed by atoms with Crippen molar-refractivity contribution in [1.29, 1.82) is 0 Å². The SMILES string of the molecule is CCCCCCCC[n+]1ccn(CC)c1CCC. The number of nitrogens with zero attached hydrogens (tertiary/aromatic N) is 2. The molecule has 0 spiro atoms. The third kappa shape index (κ3) is 4.83. The van der Waals surface area contributed by atoms with Crippen molar-refractivity contribution in [3.8, 4) is 0 Å². The smallest absolute Gasteiger partial charge is 0.235 e. The van der Waals surface area contributed by atoms with Gasteiger partial charge < -0.3 is 0 Å². The van der Waals surface area contributed by atoms with Crippen molar-refractivity contribution in [3.63, 3.8) is 0 Å². The molecule has 1 aromatic rings. The van der Waals surface area contributed by atoms with E-state index in [4.69, 9.17) is 0 Å². The summed E-state index contributed by atoms with van der Waals surface area (Å²) in [7, 11) is 0. The minimum atomic E-state index is 1.10. The molecule has 0 N–H and O–H groups in total. The molecule has 0 aliphatic rings. The lowest BCUT2D eigenvalue weighted by Gasteiger charge is -2.03. The van der Waals surface area contributed by atoms with Crippen LogP contribution in [0.4, 0.5) is 0 Å². The van der Waals surface area contributed by atoms with Gasteiger partial charge in [0.2, 0.25) is 0 Å². The van der Waals surface area contributed by atoms with E-state index in [0.717, 1.165) is 6.54 Å². The molecule has 0 radical (unpaired) electrons. The van der Waals surface area contributed by atoms with Crippen molar-refractivity contribution in [2.45, 2.75) is 85.2 Å². The highest BCUT2D eigenvalue weighted by atomic mass is 15.1. The second-order valence-electron chi connectivity index (χ2n) is 5.21. The summed E-state index contributed by atoms with van der Waals surface area (Å²) in [6, 6.07) is 0. The van der Waals surface area contributed by atoms with Gasteiger partial charge in [0.1, 0.15) is 12.4 Å². The quantitative estimate of drug-likeness (QED) is 0.437. The number of aryl methyl sites for hydroxylation is 2. The van der Waals surface area contributed by atoms with Gasteiger partial charge in [-0.2, -0.15) is 0 Å². The number of hydrogen-bond donors (Lipinski definition) is 0. The van der Waals surface area contributed by atoms with Gasteiger partial charge >= 0.3 is 0 Å². The van der Waals surface area contributed by atoms with Crippen molar-refractivity contribution in [2.75, 3.05) is 0 Å². The van der Waals surface area contributed by atoms with E-state index < -0.39 is 0 Å². The largest absolute Gasteiger partial charge is 0.256 e. The lowest BCUT2D eigenvalue weighted by molar-refractivity contribution is -0.704. The monoisotopic (exact) mass is 251 g/mol. The molecule has 2 heteroatoms. The molecule has 0 aromatic carbocycles. The van der Waals surface area contributed by atoms with Crippen LogP contribution in [0.3, 0.4) is 0 Å². The fraction of sp³-hybridized carbons (Fsp3) is 0.812. The fourth-order valence-corrected chi connectivity index (χ4v) is 2.56. The van der Waals surface area contributed by atoms with E-state index in [1.54, 1.807) is 0 Å². The van der Waals surface area contributed by atoms with Gasteiger partial charge in [-0.05, 0) is 26.2 Å². The Balaban J connectivity index is 2.34. The van der Waals surface area contributed by atoms with E-state index >= 15 is 0 Å². The fourth-order valence-electron chi connectivity index (χ4n) is 2.56. The maximum Gasteiger partial charge on any atom is 0.256 e. The van der Waals surface area contributed by atoms with Crippen LogP contribution >= 0.6 is 0 Å². The zero-order chi connectivity index (χ0) is 13.2. The van der Waals surface area contributed by atoms with Gasteiger partial charge in [-0.25, -0.2) is 9.13 Å². The second kappa shape index (κ2) is 9.18. The molecule has 0 fully saturated rings. The van der Waals surface area contributed by atoms with Crippen LogP contribution < -0.4 is 4.57 Å². The summed E-state index contributed by atoms with van der Waals surface area (Å²) in [5.41, 5.74) is 0. The van der Waals surface area contributed by atoms with Crippen LogP contribution in [0.5, 0.6) is 0 Å². The molecule has 104 valence electrons. The Morgan fingerprint density at radius 2 is 1.67 bits per heavy atom. The summed E-state index contributed by atoms with van der Waals surface area (Å²) >= 11 is 0. The number of aromatic nitrogens is 2. The van der Waals surface area contributed by atoms with Crippen molar-refractivity contribution >= 4 is 0 Å². The van der Waals surface area contributed by atoms with E-state index in [-0.39, 0.29) is 0 Å². The molecule has 1 aromatic heterocycles. The van der Waals surface area contributed by atoms with Gasteiger partial charge in [-0.1, -0.05) is 39.5 Å². The van der Waals surface area contributed by atoms with Crippen LogP contribution in [0.1, 0.15) is 71.5 Å². The molecule has 0 saturated carbocycles. The van der Waals surface area contributed by atoms with Crippen LogP contribution in [-0.2, 0) is 19.5 Å². The predicted molar refractivity (Wildman–Crippen MR) is 77.7 cm³/mol. The Bertz CT molecular complexity index is 315. The van der Waals surface area contributed by atoms with Gasteiger partial charge in [0.05, 0.1) is 13.1 Å². The molecule has 0 saturated heterocycles. The number of imidazole rings is 1. The Morgan fingerprint density at radius 1 is 0.944 bits per heavy atom.